The van der Waals surface area contributed by atoms with E-state index in [0.717, 1.165) is 49.0 Å². The number of hydrogen-bond acceptors (Lipinski definition) is 4. The van der Waals surface area contributed by atoms with Gasteiger partial charge < -0.3 is 13.9 Å². The third-order valence-electron chi connectivity index (χ3n) is 4.59. The monoisotopic (exact) mass is 299 g/mol. The third-order valence-corrected chi connectivity index (χ3v) is 4.59. The Hall–Kier alpha value is -1.81. The largest absolute Gasteiger partial charge is 0.490 e. The molecule has 1 saturated heterocycles. The number of benzene rings is 1. The maximum Gasteiger partial charge on any atom is 0.198 e. The van der Waals surface area contributed by atoms with E-state index in [-0.39, 0.29) is 6.10 Å². The van der Waals surface area contributed by atoms with Gasteiger partial charge in [-0.05, 0) is 37.1 Å². The van der Waals surface area contributed by atoms with Crippen molar-refractivity contribution >= 4 is 0 Å². The molecule has 2 aromatic rings. The van der Waals surface area contributed by atoms with Crippen LogP contribution in [0.15, 0.2) is 34.9 Å². The van der Waals surface area contributed by atoms with Crippen molar-refractivity contribution in [1.29, 1.82) is 0 Å². The Morgan fingerprint density at radius 3 is 2.45 bits per heavy atom. The van der Waals surface area contributed by atoms with Crippen molar-refractivity contribution in [2.75, 3.05) is 13.2 Å². The van der Waals surface area contributed by atoms with Crippen molar-refractivity contribution < 1.29 is 13.9 Å². The van der Waals surface area contributed by atoms with E-state index < -0.39 is 0 Å². The summed E-state index contributed by atoms with van der Waals surface area (Å²) in [5.74, 6) is 3.18. The van der Waals surface area contributed by atoms with Gasteiger partial charge in [0.1, 0.15) is 11.9 Å². The van der Waals surface area contributed by atoms with Crippen LogP contribution < -0.4 is 4.74 Å². The van der Waals surface area contributed by atoms with E-state index in [0.29, 0.717) is 5.92 Å². The first kappa shape index (κ1) is 13.8. The Bertz CT molecular complexity index is 610. The number of hydrogen-bond donors (Lipinski definition) is 0. The molecule has 0 spiro atoms. The molecule has 1 aliphatic carbocycles. The standard InChI is InChI=1S/C18H21NO3/c1-2-14(3-1)18-19-12-17(22-18)13-4-6-15(7-5-13)21-16-8-10-20-11-9-16/h4-7,12,14,16H,1-3,8-11H2. The minimum atomic E-state index is 0.273. The summed E-state index contributed by atoms with van der Waals surface area (Å²) in [5, 5.41) is 0. The summed E-state index contributed by atoms with van der Waals surface area (Å²) in [6.45, 7) is 1.59. The Kier molecular flexibility index (Phi) is 3.85. The van der Waals surface area contributed by atoms with Crippen LogP contribution in [0.5, 0.6) is 5.75 Å². The van der Waals surface area contributed by atoms with Gasteiger partial charge in [0.25, 0.3) is 0 Å². The normalized spacial score (nSPS) is 19.8. The van der Waals surface area contributed by atoms with Crippen molar-refractivity contribution in [3.05, 3.63) is 36.4 Å². The van der Waals surface area contributed by atoms with Crippen LogP contribution in [-0.2, 0) is 4.74 Å². The first-order valence-electron chi connectivity index (χ1n) is 8.19. The molecule has 22 heavy (non-hydrogen) atoms. The first-order chi connectivity index (χ1) is 10.9. The predicted molar refractivity (Wildman–Crippen MR) is 83.0 cm³/mol. The van der Waals surface area contributed by atoms with Crippen LogP contribution in [0.25, 0.3) is 11.3 Å². The second-order valence-electron chi connectivity index (χ2n) is 6.14. The zero-order valence-corrected chi connectivity index (χ0v) is 12.7. The van der Waals surface area contributed by atoms with Crippen LogP contribution in [-0.4, -0.2) is 24.3 Å². The molecule has 2 heterocycles. The molecule has 0 amide bonds. The number of nitrogens with zero attached hydrogens (tertiary/aromatic N) is 1. The molecule has 0 atom stereocenters. The zero-order valence-electron chi connectivity index (χ0n) is 12.7. The maximum absolute atomic E-state index is 5.99. The quantitative estimate of drug-likeness (QED) is 0.850. The van der Waals surface area contributed by atoms with Gasteiger partial charge >= 0.3 is 0 Å². The van der Waals surface area contributed by atoms with Gasteiger partial charge in [0.05, 0.1) is 19.4 Å². The maximum atomic E-state index is 5.99. The summed E-state index contributed by atoms with van der Waals surface area (Å²) < 4.78 is 17.2. The molecular formula is C18H21NO3. The van der Waals surface area contributed by atoms with Gasteiger partial charge in [0.2, 0.25) is 0 Å². The molecule has 1 saturated carbocycles. The average Bonchev–Trinajstić information content (AvgIpc) is 2.97. The minimum absolute atomic E-state index is 0.273. The van der Waals surface area contributed by atoms with E-state index in [1.54, 1.807) is 0 Å². The summed E-state index contributed by atoms with van der Waals surface area (Å²) in [7, 11) is 0. The second kappa shape index (κ2) is 6.13. The Morgan fingerprint density at radius 2 is 1.77 bits per heavy atom. The second-order valence-corrected chi connectivity index (χ2v) is 6.14. The van der Waals surface area contributed by atoms with Crippen LogP contribution in [0.4, 0.5) is 0 Å². The lowest BCUT2D eigenvalue weighted by atomic mass is 9.85. The predicted octanol–water partition coefficient (Wildman–Crippen LogP) is 4.17. The third kappa shape index (κ3) is 2.88. The van der Waals surface area contributed by atoms with Crippen molar-refractivity contribution in [2.24, 2.45) is 0 Å². The Labute approximate surface area is 130 Å². The van der Waals surface area contributed by atoms with E-state index in [9.17, 15) is 0 Å². The lowest BCUT2D eigenvalue weighted by molar-refractivity contribution is 0.0256. The highest BCUT2D eigenvalue weighted by atomic mass is 16.5. The molecule has 116 valence electrons. The molecule has 0 N–H and O–H groups in total. The number of aromatic nitrogens is 1. The summed E-state index contributed by atoms with van der Waals surface area (Å²) in [6, 6.07) is 8.10. The molecule has 4 heteroatoms. The van der Waals surface area contributed by atoms with Gasteiger partial charge in [0.15, 0.2) is 11.7 Å². The average molecular weight is 299 g/mol. The molecule has 0 unspecified atom stereocenters. The van der Waals surface area contributed by atoms with Gasteiger partial charge in [-0.15, -0.1) is 0 Å². The topological polar surface area (TPSA) is 44.5 Å². The molecule has 1 aliphatic heterocycles. The zero-order chi connectivity index (χ0) is 14.8. The lowest BCUT2D eigenvalue weighted by Crippen LogP contribution is -2.25. The molecule has 2 fully saturated rings. The minimum Gasteiger partial charge on any atom is -0.490 e. The summed E-state index contributed by atoms with van der Waals surface area (Å²) in [4.78, 5) is 4.42. The molecule has 2 aliphatic rings. The fraction of sp³-hybridized carbons (Fsp3) is 0.500. The van der Waals surface area contributed by atoms with Gasteiger partial charge in [0, 0.05) is 24.3 Å². The Balaban J connectivity index is 1.43. The first-order valence-corrected chi connectivity index (χ1v) is 8.19. The van der Waals surface area contributed by atoms with Crippen molar-refractivity contribution in [3.63, 3.8) is 0 Å². The fourth-order valence-electron chi connectivity index (χ4n) is 2.95. The van der Waals surface area contributed by atoms with Crippen LogP contribution in [0, 0.1) is 0 Å². The lowest BCUT2D eigenvalue weighted by Gasteiger charge is -2.23. The van der Waals surface area contributed by atoms with Gasteiger partial charge in [-0.3, -0.25) is 0 Å². The Morgan fingerprint density at radius 1 is 1.00 bits per heavy atom. The van der Waals surface area contributed by atoms with Crippen LogP contribution in [0.1, 0.15) is 43.9 Å². The highest BCUT2D eigenvalue weighted by molar-refractivity contribution is 5.57. The van der Waals surface area contributed by atoms with E-state index in [1.807, 2.05) is 30.5 Å². The van der Waals surface area contributed by atoms with Gasteiger partial charge in [-0.1, -0.05) is 6.42 Å². The number of ether oxygens (including phenoxy) is 2. The van der Waals surface area contributed by atoms with Crippen LogP contribution >= 0.6 is 0 Å². The number of rotatable bonds is 4. The molecule has 1 aromatic carbocycles. The highest BCUT2D eigenvalue weighted by Crippen LogP contribution is 2.37. The molecule has 0 bridgehead atoms. The van der Waals surface area contributed by atoms with E-state index in [4.69, 9.17) is 13.9 Å². The van der Waals surface area contributed by atoms with Crippen molar-refractivity contribution in [3.8, 4) is 17.1 Å². The molecule has 4 nitrogen and oxygen atoms in total. The van der Waals surface area contributed by atoms with E-state index in [2.05, 4.69) is 4.98 Å². The van der Waals surface area contributed by atoms with E-state index in [1.165, 1.54) is 19.3 Å². The highest BCUT2D eigenvalue weighted by Gasteiger charge is 2.24. The molecule has 4 rings (SSSR count). The molecule has 0 radical (unpaired) electrons. The van der Waals surface area contributed by atoms with Crippen LogP contribution in [0.2, 0.25) is 0 Å². The number of oxazole rings is 1. The smallest absolute Gasteiger partial charge is 0.198 e. The molecule has 1 aromatic heterocycles. The summed E-state index contributed by atoms with van der Waals surface area (Å²) in [6.07, 6.45) is 7.75. The van der Waals surface area contributed by atoms with Crippen LogP contribution in [0.3, 0.4) is 0 Å². The van der Waals surface area contributed by atoms with Gasteiger partial charge in [-0.2, -0.15) is 0 Å². The fourth-order valence-corrected chi connectivity index (χ4v) is 2.95. The van der Waals surface area contributed by atoms with Crippen molar-refractivity contribution in [1.82, 2.24) is 4.98 Å². The van der Waals surface area contributed by atoms with E-state index >= 15 is 0 Å². The van der Waals surface area contributed by atoms with Crippen molar-refractivity contribution in [2.45, 2.75) is 44.1 Å². The summed E-state index contributed by atoms with van der Waals surface area (Å²) in [5.41, 5.74) is 1.05. The summed E-state index contributed by atoms with van der Waals surface area (Å²) >= 11 is 0. The molecular weight excluding hydrogens is 278 g/mol. The van der Waals surface area contributed by atoms with Gasteiger partial charge in [-0.25, -0.2) is 4.98 Å². The SMILES string of the molecule is c1cc(-c2cnc(C3CCC3)o2)ccc1OC1CCOCC1.